The van der Waals surface area contributed by atoms with Crippen LogP contribution in [0.1, 0.15) is 49.7 Å². The van der Waals surface area contributed by atoms with Crippen molar-refractivity contribution in [2.75, 3.05) is 0 Å². The molecule has 2 aromatic carbocycles. The predicted molar refractivity (Wildman–Crippen MR) is 119 cm³/mol. The molecule has 166 valence electrons. The summed E-state index contributed by atoms with van der Waals surface area (Å²) in [5.74, 6) is 0.721. The molecule has 6 nitrogen and oxygen atoms in total. The van der Waals surface area contributed by atoms with Crippen molar-refractivity contribution >= 4 is 28.9 Å². The summed E-state index contributed by atoms with van der Waals surface area (Å²) in [6.07, 6.45) is 4.94. The Balaban J connectivity index is 1.48. The highest BCUT2D eigenvalue weighted by Gasteiger charge is 2.59. The van der Waals surface area contributed by atoms with Crippen LogP contribution in [0.25, 0.3) is 0 Å². The Kier molecular flexibility index (Phi) is 5.28. The first-order valence-corrected chi connectivity index (χ1v) is 11.6. The van der Waals surface area contributed by atoms with E-state index in [4.69, 9.17) is 16.3 Å². The van der Waals surface area contributed by atoms with E-state index in [-0.39, 0.29) is 34.1 Å². The minimum absolute atomic E-state index is 0.0152. The fourth-order valence-electron chi connectivity index (χ4n) is 6.16. The zero-order valence-electron chi connectivity index (χ0n) is 17.8. The first-order valence-electron chi connectivity index (χ1n) is 11.2. The monoisotopic (exact) mass is 453 g/mol. The number of fused-ring (bicyclic) bond motifs is 2. The number of ether oxygens (including phenoxy) is 1. The Morgan fingerprint density at radius 2 is 1.53 bits per heavy atom. The highest BCUT2D eigenvalue weighted by molar-refractivity contribution is 6.32. The fourth-order valence-corrected chi connectivity index (χ4v) is 6.40. The molecular formula is C25H24ClNO5. The largest absolute Gasteiger partial charge is 0.457 e. The fraction of sp³-hybridized carbons (Fsp3) is 0.440. The molecular weight excluding hydrogens is 430 g/mol. The Labute approximate surface area is 191 Å². The van der Waals surface area contributed by atoms with E-state index < -0.39 is 10.8 Å². The maximum atomic E-state index is 13.5. The van der Waals surface area contributed by atoms with E-state index in [0.717, 1.165) is 36.8 Å². The van der Waals surface area contributed by atoms with Crippen LogP contribution in [0.4, 0.5) is 5.69 Å². The molecule has 2 atom stereocenters. The molecule has 0 radical (unpaired) electrons. The molecule has 0 aliphatic heterocycles. The molecule has 4 saturated carbocycles. The lowest BCUT2D eigenvalue weighted by atomic mass is 9.59. The summed E-state index contributed by atoms with van der Waals surface area (Å²) in [6, 6.07) is 9.64. The summed E-state index contributed by atoms with van der Waals surface area (Å²) >= 11 is 6.00. The van der Waals surface area contributed by atoms with E-state index in [2.05, 4.69) is 0 Å². The number of nitrogens with zero attached hydrogens (tertiary/aromatic N) is 1. The van der Waals surface area contributed by atoms with Crippen LogP contribution < -0.4 is 4.74 Å². The molecule has 2 bridgehead atoms. The molecule has 0 aromatic heterocycles. The number of carbonyl (C=O) groups is 2. The maximum absolute atomic E-state index is 13.5. The number of carbonyl (C=O) groups excluding carboxylic acids is 2. The van der Waals surface area contributed by atoms with Crippen molar-refractivity contribution in [1.82, 2.24) is 0 Å². The van der Waals surface area contributed by atoms with Gasteiger partial charge in [0.25, 0.3) is 5.69 Å². The van der Waals surface area contributed by atoms with Gasteiger partial charge in [-0.25, -0.2) is 0 Å². The zero-order valence-corrected chi connectivity index (χ0v) is 18.5. The van der Waals surface area contributed by atoms with Gasteiger partial charge >= 0.3 is 0 Å². The molecule has 32 heavy (non-hydrogen) atoms. The van der Waals surface area contributed by atoms with Crippen molar-refractivity contribution in [2.24, 2.45) is 23.7 Å². The van der Waals surface area contributed by atoms with Crippen molar-refractivity contribution in [2.45, 2.75) is 44.9 Å². The van der Waals surface area contributed by atoms with Gasteiger partial charge in [0.2, 0.25) is 0 Å². The molecule has 7 heteroatoms. The van der Waals surface area contributed by atoms with Gasteiger partial charge in [0.05, 0.1) is 4.92 Å². The van der Waals surface area contributed by atoms with Crippen LogP contribution in [0.15, 0.2) is 36.4 Å². The average molecular weight is 454 g/mol. The number of aryl methyl sites for hydroxylation is 1. The highest BCUT2D eigenvalue weighted by Crippen LogP contribution is 2.56. The first kappa shape index (κ1) is 21.1. The lowest BCUT2D eigenvalue weighted by Crippen LogP contribution is -2.41. The van der Waals surface area contributed by atoms with Gasteiger partial charge in [-0.3, -0.25) is 19.7 Å². The summed E-state index contributed by atoms with van der Waals surface area (Å²) in [7, 11) is 0. The third-order valence-electron chi connectivity index (χ3n) is 7.61. The van der Waals surface area contributed by atoms with Crippen molar-refractivity contribution < 1.29 is 19.2 Å². The van der Waals surface area contributed by atoms with Crippen LogP contribution in [-0.4, -0.2) is 16.5 Å². The average Bonchev–Trinajstić information content (AvgIpc) is 3.06. The number of ketones is 2. The minimum atomic E-state index is -0.717. The van der Waals surface area contributed by atoms with E-state index in [1.165, 1.54) is 18.2 Å². The Morgan fingerprint density at radius 1 is 0.969 bits per heavy atom. The topological polar surface area (TPSA) is 86.5 Å². The molecule has 4 aliphatic rings. The molecule has 0 heterocycles. The quantitative estimate of drug-likeness (QED) is 0.320. The minimum Gasteiger partial charge on any atom is -0.457 e. The summed E-state index contributed by atoms with van der Waals surface area (Å²) in [6.45, 7) is 2.01. The number of hydrogen-bond acceptors (Lipinski definition) is 5. The molecule has 2 aromatic rings. The van der Waals surface area contributed by atoms with Crippen LogP contribution in [0.5, 0.6) is 11.5 Å². The van der Waals surface area contributed by atoms with Crippen LogP contribution in [0, 0.1) is 33.8 Å². The number of benzene rings is 2. The second-order valence-corrected chi connectivity index (χ2v) is 9.56. The van der Waals surface area contributed by atoms with Crippen molar-refractivity contribution in [1.29, 1.82) is 0 Å². The van der Waals surface area contributed by atoms with Gasteiger partial charge in [0.1, 0.15) is 22.4 Å². The first-order chi connectivity index (χ1) is 15.4. The van der Waals surface area contributed by atoms with Gasteiger partial charge in [-0.15, -0.1) is 0 Å². The number of nitro groups is 1. The number of nitro benzene ring substituents is 1. The molecule has 0 saturated heterocycles. The van der Waals surface area contributed by atoms with Gasteiger partial charge in [-0.05, 0) is 73.3 Å². The van der Waals surface area contributed by atoms with Crippen molar-refractivity contribution in [3.63, 3.8) is 0 Å². The van der Waals surface area contributed by atoms with E-state index in [1.54, 1.807) is 12.1 Å². The number of Topliss-reactive ketones (excluding diaryl/α,β-unsaturated/α-hetero) is 2. The Bertz CT molecular complexity index is 1090. The number of halogens is 1. The van der Waals surface area contributed by atoms with Gasteiger partial charge in [-0.1, -0.05) is 24.6 Å². The van der Waals surface area contributed by atoms with E-state index in [1.807, 2.05) is 13.0 Å². The molecule has 2 unspecified atom stereocenters. The Hall–Kier alpha value is -2.73. The van der Waals surface area contributed by atoms with E-state index >= 15 is 0 Å². The van der Waals surface area contributed by atoms with Gasteiger partial charge < -0.3 is 4.74 Å². The molecule has 0 spiro atoms. The molecule has 0 amide bonds. The van der Waals surface area contributed by atoms with Crippen LogP contribution in [0.3, 0.4) is 0 Å². The standard InChI is InChI=1S/C25H24ClNO5/c1-2-13-7-8-16(32-17-9-10-20(27(30)31)19(26)12-17)11-18(13)23-24(28)21-14-3-4-15(6-5-14)22(21)25(23)29/h7-12,14-15,21-23H,2-6H2,1H3. The van der Waals surface area contributed by atoms with E-state index in [0.29, 0.717) is 29.8 Å². The molecule has 4 aliphatic carbocycles. The second kappa shape index (κ2) is 8.00. The second-order valence-electron chi connectivity index (χ2n) is 9.15. The lowest BCUT2D eigenvalue weighted by Gasteiger charge is -2.43. The SMILES string of the molecule is CCc1ccc(Oc2ccc([N+](=O)[O-])c(Cl)c2)cc1C1C(=O)C2C3CCC(CC3)C2C1=O. The van der Waals surface area contributed by atoms with Gasteiger partial charge in [0.15, 0.2) is 11.6 Å². The van der Waals surface area contributed by atoms with Gasteiger partial charge in [-0.2, -0.15) is 0 Å². The molecule has 0 N–H and O–H groups in total. The highest BCUT2D eigenvalue weighted by atomic mass is 35.5. The van der Waals surface area contributed by atoms with Crippen molar-refractivity contribution in [3.05, 3.63) is 62.7 Å². The van der Waals surface area contributed by atoms with E-state index in [9.17, 15) is 19.7 Å². The van der Waals surface area contributed by atoms with Crippen LogP contribution in [0.2, 0.25) is 5.02 Å². The number of hydrogen-bond donors (Lipinski definition) is 0. The summed E-state index contributed by atoms with van der Waals surface area (Å²) < 4.78 is 5.91. The summed E-state index contributed by atoms with van der Waals surface area (Å²) in [5, 5.41) is 11.0. The smallest absolute Gasteiger partial charge is 0.288 e. The van der Waals surface area contributed by atoms with Crippen LogP contribution in [-0.2, 0) is 16.0 Å². The molecule has 6 rings (SSSR count). The van der Waals surface area contributed by atoms with Crippen LogP contribution >= 0.6 is 11.6 Å². The normalized spacial score (nSPS) is 28.6. The van der Waals surface area contributed by atoms with Crippen molar-refractivity contribution in [3.8, 4) is 11.5 Å². The Morgan fingerprint density at radius 3 is 2.06 bits per heavy atom. The third-order valence-corrected chi connectivity index (χ3v) is 7.91. The summed E-state index contributed by atoms with van der Waals surface area (Å²) in [5.41, 5.74) is 1.51. The summed E-state index contributed by atoms with van der Waals surface area (Å²) in [4.78, 5) is 37.4. The number of rotatable bonds is 5. The maximum Gasteiger partial charge on any atom is 0.288 e. The van der Waals surface area contributed by atoms with Gasteiger partial charge in [0, 0.05) is 24.0 Å². The molecule has 4 fully saturated rings. The lowest BCUT2D eigenvalue weighted by molar-refractivity contribution is -0.384. The predicted octanol–water partition coefficient (Wildman–Crippen LogP) is 5.89. The zero-order chi connectivity index (χ0) is 22.6. The third kappa shape index (κ3) is 3.32.